The average Bonchev–Trinajstić information content (AvgIpc) is 2.97. The van der Waals surface area contributed by atoms with E-state index in [2.05, 4.69) is 15.5 Å². The smallest absolute Gasteiger partial charge is 0.293 e. The van der Waals surface area contributed by atoms with Crippen LogP contribution in [0.5, 0.6) is 0 Å². The molecule has 7 heteroatoms. The molecule has 1 aromatic carbocycles. The first-order valence-electron chi connectivity index (χ1n) is 8.11. The van der Waals surface area contributed by atoms with Gasteiger partial charge in [0.2, 0.25) is 0 Å². The van der Waals surface area contributed by atoms with Gasteiger partial charge in [-0.05, 0) is 37.9 Å². The molecule has 3 rings (SSSR count). The Hall–Kier alpha value is -2.15. The molecule has 2 fully saturated rings. The van der Waals surface area contributed by atoms with Crippen molar-refractivity contribution in [3.05, 3.63) is 33.9 Å². The van der Waals surface area contributed by atoms with Crippen molar-refractivity contribution < 1.29 is 9.72 Å². The van der Waals surface area contributed by atoms with Gasteiger partial charge in [-0.2, -0.15) is 0 Å². The van der Waals surface area contributed by atoms with Gasteiger partial charge in [0.1, 0.15) is 5.69 Å². The third-order valence-corrected chi connectivity index (χ3v) is 4.90. The molecular formula is C16H22N4O3. The average molecular weight is 318 g/mol. The Labute approximate surface area is 135 Å². The van der Waals surface area contributed by atoms with Crippen molar-refractivity contribution in [1.29, 1.82) is 0 Å². The summed E-state index contributed by atoms with van der Waals surface area (Å²) in [5, 5.41) is 17.0. The highest BCUT2D eigenvalue weighted by molar-refractivity contribution is 5.96. The summed E-state index contributed by atoms with van der Waals surface area (Å²) in [5.41, 5.74) is 0.668. The van der Waals surface area contributed by atoms with E-state index in [4.69, 9.17) is 0 Å². The highest BCUT2D eigenvalue weighted by Gasteiger charge is 2.36. The van der Waals surface area contributed by atoms with Crippen molar-refractivity contribution in [1.82, 2.24) is 10.2 Å². The second-order valence-electron chi connectivity index (χ2n) is 6.21. The van der Waals surface area contributed by atoms with Gasteiger partial charge in [0.05, 0.1) is 4.92 Å². The van der Waals surface area contributed by atoms with Crippen LogP contribution in [0.4, 0.5) is 11.4 Å². The second kappa shape index (κ2) is 6.54. The first kappa shape index (κ1) is 15.7. The molecule has 0 radical (unpaired) electrons. The molecule has 23 heavy (non-hydrogen) atoms. The van der Waals surface area contributed by atoms with E-state index in [-0.39, 0.29) is 17.6 Å². The minimum Gasteiger partial charge on any atom is -0.383 e. The Morgan fingerprint density at radius 1 is 1.30 bits per heavy atom. The molecule has 7 nitrogen and oxygen atoms in total. The number of benzene rings is 1. The van der Waals surface area contributed by atoms with E-state index >= 15 is 0 Å². The third-order valence-electron chi connectivity index (χ3n) is 4.90. The lowest BCUT2D eigenvalue weighted by atomic mass is 9.98. The maximum atomic E-state index is 12.5. The summed E-state index contributed by atoms with van der Waals surface area (Å²) in [5.74, 6) is -0.229. The zero-order chi connectivity index (χ0) is 16.4. The first-order chi connectivity index (χ1) is 11.1. The van der Waals surface area contributed by atoms with Gasteiger partial charge in [-0.25, -0.2) is 0 Å². The van der Waals surface area contributed by atoms with Crippen LogP contribution in [0.25, 0.3) is 0 Å². The highest BCUT2D eigenvalue weighted by Crippen LogP contribution is 2.28. The zero-order valence-corrected chi connectivity index (χ0v) is 13.2. The highest BCUT2D eigenvalue weighted by atomic mass is 16.6. The van der Waals surface area contributed by atoms with Crippen LogP contribution in [0.3, 0.4) is 0 Å². The summed E-state index contributed by atoms with van der Waals surface area (Å²) >= 11 is 0. The maximum Gasteiger partial charge on any atom is 0.293 e. The van der Waals surface area contributed by atoms with Gasteiger partial charge in [0.15, 0.2) is 0 Å². The van der Waals surface area contributed by atoms with Crippen LogP contribution in [-0.4, -0.2) is 48.0 Å². The molecule has 1 aromatic rings. The van der Waals surface area contributed by atoms with Crippen LogP contribution < -0.4 is 10.6 Å². The Morgan fingerprint density at radius 3 is 2.87 bits per heavy atom. The molecule has 2 N–H and O–H groups in total. The van der Waals surface area contributed by atoms with E-state index in [9.17, 15) is 14.9 Å². The number of nitro benzene ring substituents is 1. The standard InChI is InChI=1S/C16H22N4O3/c1-17-12-6-5-11(10-15(12)20(22)23)16(21)18-13-7-9-19-8-3-2-4-14(13)19/h5-6,10,13-14,17H,2-4,7-9H2,1H3,(H,18,21). The van der Waals surface area contributed by atoms with Crippen LogP contribution in [-0.2, 0) is 0 Å². The number of piperidine rings is 1. The predicted octanol–water partition coefficient (Wildman–Crippen LogP) is 1.99. The number of anilines is 1. The van der Waals surface area contributed by atoms with Crippen LogP contribution in [0, 0.1) is 10.1 Å². The lowest BCUT2D eigenvalue weighted by Gasteiger charge is -2.32. The predicted molar refractivity (Wildman–Crippen MR) is 87.7 cm³/mol. The summed E-state index contributed by atoms with van der Waals surface area (Å²) in [6, 6.07) is 5.11. The monoisotopic (exact) mass is 318 g/mol. The van der Waals surface area contributed by atoms with E-state index in [1.807, 2.05) is 0 Å². The van der Waals surface area contributed by atoms with Gasteiger partial charge >= 0.3 is 0 Å². The summed E-state index contributed by atoms with van der Waals surface area (Å²) < 4.78 is 0. The van der Waals surface area contributed by atoms with Crippen molar-refractivity contribution in [3.8, 4) is 0 Å². The topological polar surface area (TPSA) is 87.5 Å². The number of carbonyl (C=O) groups is 1. The Balaban J connectivity index is 1.73. The molecule has 0 bridgehead atoms. The molecule has 2 aliphatic heterocycles. The number of hydrogen-bond donors (Lipinski definition) is 2. The largest absolute Gasteiger partial charge is 0.383 e. The van der Waals surface area contributed by atoms with Gasteiger partial charge in [-0.3, -0.25) is 19.8 Å². The Bertz CT molecular complexity index is 619. The van der Waals surface area contributed by atoms with Gasteiger partial charge in [0, 0.05) is 37.3 Å². The third kappa shape index (κ3) is 3.14. The summed E-state index contributed by atoms with van der Waals surface area (Å²) in [4.78, 5) is 25.6. The molecule has 0 spiro atoms. The molecule has 1 amide bonds. The van der Waals surface area contributed by atoms with Crippen molar-refractivity contribution in [2.45, 2.75) is 37.8 Å². The zero-order valence-electron chi connectivity index (χ0n) is 13.2. The van der Waals surface area contributed by atoms with Gasteiger partial charge in [0.25, 0.3) is 11.6 Å². The molecule has 0 saturated carbocycles. The molecule has 0 aliphatic carbocycles. The summed E-state index contributed by atoms with van der Waals surface area (Å²) in [7, 11) is 1.62. The fourth-order valence-corrected chi connectivity index (χ4v) is 3.70. The van der Waals surface area contributed by atoms with E-state index in [1.165, 1.54) is 18.9 Å². The molecule has 0 aromatic heterocycles. The molecule has 2 heterocycles. The summed E-state index contributed by atoms with van der Waals surface area (Å²) in [6.45, 7) is 2.13. The summed E-state index contributed by atoms with van der Waals surface area (Å²) in [6.07, 6.45) is 4.50. The number of nitrogens with one attached hydrogen (secondary N) is 2. The van der Waals surface area contributed by atoms with Crippen molar-refractivity contribution >= 4 is 17.3 Å². The first-order valence-corrected chi connectivity index (χ1v) is 8.11. The van der Waals surface area contributed by atoms with Crippen molar-refractivity contribution in [2.75, 3.05) is 25.5 Å². The van der Waals surface area contributed by atoms with Crippen LogP contribution in [0.1, 0.15) is 36.0 Å². The van der Waals surface area contributed by atoms with Crippen molar-refractivity contribution in [2.24, 2.45) is 0 Å². The van der Waals surface area contributed by atoms with Crippen LogP contribution in [0.2, 0.25) is 0 Å². The lowest BCUT2D eigenvalue weighted by molar-refractivity contribution is -0.384. The Morgan fingerprint density at radius 2 is 2.13 bits per heavy atom. The molecule has 2 atom stereocenters. The normalized spacial score (nSPS) is 24.0. The number of nitrogens with zero attached hydrogens (tertiary/aromatic N) is 2. The number of amides is 1. The van der Waals surface area contributed by atoms with E-state index < -0.39 is 4.92 Å². The molecule has 2 saturated heterocycles. The molecule has 2 aliphatic rings. The fourth-order valence-electron chi connectivity index (χ4n) is 3.70. The SMILES string of the molecule is CNc1ccc(C(=O)NC2CCN3CCCCC23)cc1[N+](=O)[O-]. The lowest BCUT2D eigenvalue weighted by Crippen LogP contribution is -2.46. The van der Waals surface area contributed by atoms with E-state index in [0.717, 1.165) is 25.9 Å². The number of nitro groups is 1. The van der Waals surface area contributed by atoms with Crippen LogP contribution >= 0.6 is 0 Å². The van der Waals surface area contributed by atoms with E-state index in [1.54, 1.807) is 19.2 Å². The molecule has 124 valence electrons. The number of rotatable bonds is 4. The van der Waals surface area contributed by atoms with Gasteiger partial charge in [-0.1, -0.05) is 6.42 Å². The molecular weight excluding hydrogens is 296 g/mol. The number of hydrogen-bond acceptors (Lipinski definition) is 5. The fraction of sp³-hybridized carbons (Fsp3) is 0.562. The number of fused-ring (bicyclic) bond motifs is 1. The van der Waals surface area contributed by atoms with Crippen molar-refractivity contribution in [3.63, 3.8) is 0 Å². The van der Waals surface area contributed by atoms with E-state index in [0.29, 0.717) is 17.3 Å². The van der Waals surface area contributed by atoms with Gasteiger partial charge in [-0.15, -0.1) is 0 Å². The minimum atomic E-state index is -0.471. The van der Waals surface area contributed by atoms with Crippen LogP contribution in [0.15, 0.2) is 18.2 Å². The Kier molecular flexibility index (Phi) is 4.47. The quantitative estimate of drug-likeness (QED) is 0.655. The maximum absolute atomic E-state index is 12.5. The minimum absolute atomic E-state index is 0.0779. The number of carbonyl (C=O) groups excluding carboxylic acids is 1. The second-order valence-corrected chi connectivity index (χ2v) is 6.21. The van der Waals surface area contributed by atoms with Gasteiger partial charge < -0.3 is 10.6 Å². The molecule has 2 unspecified atom stereocenters.